The van der Waals surface area contributed by atoms with Gasteiger partial charge in [0.15, 0.2) is 0 Å². The summed E-state index contributed by atoms with van der Waals surface area (Å²) in [7, 11) is 0. The third-order valence-electron chi connectivity index (χ3n) is 2.39. The van der Waals surface area contributed by atoms with E-state index in [9.17, 15) is 10.1 Å². The van der Waals surface area contributed by atoms with E-state index in [0.717, 1.165) is 17.5 Å². The molecule has 0 amide bonds. The lowest BCUT2D eigenvalue weighted by Gasteiger charge is -1.99. The fraction of sp³-hybridized carbons (Fsp3) is 0.200. The maximum Gasteiger partial charge on any atom is 0.294 e. The number of nitrogens with one attached hydrogen (secondary N) is 1. The van der Waals surface area contributed by atoms with Crippen LogP contribution in [0, 0.1) is 10.1 Å². The maximum atomic E-state index is 10.7. The molecule has 5 heteroatoms. The molecule has 1 aromatic heterocycles. The van der Waals surface area contributed by atoms with Crippen molar-refractivity contribution >= 4 is 16.6 Å². The van der Waals surface area contributed by atoms with Gasteiger partial charge in [-0.3, -0.25) is 10.1 Å². The second-order valence-corrected chi connectivity index (χ2v) is 3.31. The first-order valence-electron chi connectivity index (χ1n) is 4.67. The van der Waals surface area contributed by atoms with Crippen molar-refractivity contribution in [1.29, 1.82) is 0 Å². The van der Waals surface area contributed by atoms with Crippen molar-refractivity contribution in [1.82, 2.24) is 4.98 Å². The van der Waals surface area contributed by atoms with Gasteiger partial charge in [0.05, 0.1) is 22.0 Å². The molecule has 0 unspecified atom stereocenters. The van der Waals surface area contributed by atoms with Crippen LogP contribution in [0.15, 0.2) is 24.4 Å². The molecule has 0 atom stereocenters. The number of nitro groups is 1. The number of H-pyrrole nitrogens is 1. The van der Waals surface area contributed by atoms with Crippen LogP contribution in [0.4, 0.5) is 5.69 Å². The molecule has 2 rings (SSSR count). The molecular weight excluding hydrogens is 194 g/mol. The molecule has 2 aromatic rings. The van der Waals surface area contributed by atoms with Crippen molar-refractivity contribution in [2.45, 2.75) is 6.42 Å². The van der Waals surface area contributed by atoms with E-state index >= 15 is 0 Å². The molecule has 0 spiro atoms. The third kappa shape index (κ3) is 1.57. The summed E-state index contributed by atoms with van der Waals surface area (Å²) in [4.78, 5) is 13.2. The highest BCUT2D eigenvalue weighted by molar-refractivity contribution is 5.91. The molecular formula is C10H11N3O2. The van der Waals surface area contributed by atoms with Gasteiger partial charge in [0.2, 0.25) is 0 Å². The lowest BCUT2D eigenvalue weighted by atomic mass is 10.1. The Bertz CT molecular complexity index is 504. The van der Waals surface area contributed by atoms with E-state index in [0.29, 0.717) is 11.9 Å². The Morgan fingerprint density at radius 2 is 2.27 bits per heavy atom. The molecule has 0 aliphatic carbocycles. The van der Waals surface area contributed by atoms with E-state index in [2.05, 4.69) is 4.98 Å². The Balaban J connectivity index is 2.63. The van der Waals surface area contributed by atoms with Gasteiger partial charge in [-0.15, -0.1) is 0 Å². The molecule has 0 radical (unpaired) electrons. The van der Waals surface area contributed by atoms with Gasteiger partial charge in [-0.25, -0.2) is 0 Å². The van der Waals surface area contributed by atoms with Crippen LogP contribution < -0.4 is 5.73 Å². The Morgan fingerprint density at radius 3 is 2.93 bits per heavy atom. The number of hydrogen-bond donors (Lipinski definition) is 2. The summed E-state index contributed by atoms with van der Waals surface area (Å²) >= 11 is 0. The Hall–Kier alpha value is -1.88. The molecule has 15 heavy (non-hydrogen) atoms. The second-order valence-electron chi connectivity index (χ2n) is 3.31. The van der Waals surface area contributed by atoms with E-state index < -0.39 is 0 Å². The second kappa shape index (κ2) is 3.70. The average molecular weight is 205 g/mol. The summed E-state index contributed by atoms with van der Waals surface area (Å²) in [5.74, 6) is 0. The SMILES string of the molecule is NCCc1cccc2c([N+](=O)[O-])c[nH]c12. The minimum Gasteiger partial charge on any atom is -0.355 e. The molecule has 0 bridgehead atoms. The number of benzene rings is 1. The zero-order valence-corrected chi connectivity index (χ0v) is 8.06. The van der Waals surface area contributed by atoms with Gasteiger partial charge in [0.25, 0.3) is 5.69 Å². The zero-order valence-electron chi connectivity index (χ0n) is 8.06. The van der Waals surface area contributed by atoms with Gasteiger partial charge in [-0.2, -0.15) is 0 Å². The minimum atomic E-state index is -0.384. The highest BCUT2D eigenvalue weighted by Gasteiger charge is 2.14. The van der Waals surface area contributed by atoms with Gasteiger partial charge in [0, 0.05) is 0 Å². The number of fused-ring (bicyclic) bond motifs is 1. The van der Waals surface area contributed by atoms with Crippen molar-refractivity contribution in [3.63, 3.8) is 0 Å². The van der Waals surface area contributed by atoms with Crippen LogP contribution in [0.2, 0.25) is 0 Å². The molecule has 0 saturated carbocycles. The topological polar surface area (TPSA) is 84.9 Å². The Kier molecular flexibility index (Phi) is 2.39. The monoisotopic (exact) mass is 205 g/mol. The van der Waals surface area contributed by atoms with E-state index in [1.165, 1.54) is 6.20 Å². The number of nitrogens with two attached hydrogens (primary N) is 1. The first-order valence-corrected chi connectivity index (χ1v) is 4.67. The van der Waals surface area contributed by atoms with Gasteiger partial charge < -0.3 is 10.7 Å². The largest absolute Gasteiger partial charge is 0.355 e. The van der Waals surface area contributed by atoms with E-state index in [1.54, 1.807) is 6.07 Å². The van der Waals surface area contributed by atoms with Crippen LogP contribution >= 0.6 is 0 Å². The maximum absolute atomic E-state index is 10.7. The molecule has 5 nitrogen and oxygen atoms in total. The first kappa shape index (κ1) is 9.67. The lowest BCUT2D eigenvalue weighted by molar-refractivity contribution is -0.383. The van der Waals surface area contributed by atoms with Crippen LogP contribution in [0.25, 0.3) is 10.9 Å². The van der Waals surface area contributed by atoms with Crippen molar-refractivity contribution in [3.05, 3.63) is 40.1 Å². The van der Waals surface area contributed by atoms with Gasteiger partial charge >= 0.3 is 0 Å². The van der Waals surface area contributed by atoms with E-state index in [1.807, 2.05) is 12.1 Å². The van der Waals surface area contributed by atoms with Crippen LogP contribution in [0.3, 0.4) is 0 Å². The molecule has 0 aliphatic heterocycles. The Morgan fingerprint density at radius 1 is 1.47 bits per heavy atom. The Labute approximate surface area is 86.0 Å². The van der Waals surface area contributed by atoms with E-state index in [4.69, 9.17) is 5.73 Å². The highest BCUT2D eigenvalue weighted by Crippen LogP contribution is 2.27. The smallest absolute Gasteiger partial charge is 0.294 e. The molecule has 78 valence electrons. The number of nitrogens with zero attached hydrogens (tertiary/aromatic N) is 1. The predicted molar refractivity (Wildman–Crippen MR) is 57.7 cm³/mol. The van der Waals surface area contributed by atoms with Crippen molar-refractivity contribution in [2.24, 2.45) is 5.73 Å². The summed E-state index contributed by atoms with van der Waals surface area (Å²) in [6.45, 7) is 0.534. The fourth-order valence-electron chi connectivity index (χ4n) is 1.72. The summed E-state index contributed by atoms with van der Waals surface area (Å²) in [6.07, 6.45) is 2.14. The number of para-hydroxylation sites is 1. The molecule has 0 saturated heterocycles. The first-order chi connectivity index (χ1) is 7.24. The van der Waals surface area contributed by atoms with Gasteiger partial charge in [-0.05, 0) is 24.6 Å². The van der Waals surface area contributed by atoms with Crippen LogP contribution in [0.1, 0.15) is 5.56 Å². The molecule has 0 aliphatic rings. The van der Waals surface area contributed by atoms with Crippen molar-refractivity contribution < 1.29 is 4.92 Å². The fourth-order valence-corrected chi connectivity index (χ4v) is 1.72. The summed E-state index contributed by atoms with van der Waals surface area (Å²) in [5, 5.41) is 11.4. The minimum absolute atomic E-state index is 0.115. The standard InChI is InChI=1S/C10H11N3O2/c11-5-4-7-2-1-3-8-9(13(14)15)6-12-10(7)8/h1-3,6,12H,4-5,11H2. The predicted octanol–water partition coefficient (Wildman–Crippen LogP) is 1.58. The summed E-state index contributed by atoms with van der Waals surface area (Å²) in [5.41, 5.74) is 7.42. The van der Waals surface area contributed by atoms with Gasteiger partial charge in [0.1, 0.15) is 0 Å². The number of aromatic amines is 1. The van der Waals surface area contributed by atoms with Crippen LogP contribution in [0.5, 0.6) is 0 Å². The van der Waals surface area contributed by atoms with Gasteiger partial charge in [-0.1, -0.05) is 12.1 Å². The molecule has 1 aromatic carbocycles. The molecule has 1 heterocycles. The lowest BCUT2D eigenvalue weighted by Crippen LogP contribution is -2.02. The zero-order chi connectivity index (χ0) is 10.8. The summed E-state index contributed by atoms with van der Waals surface area (Å²) in [6, 6.07) is 5.48. The van der Waals surface area contributed by atoms with Crippen molar-refractivity contribution in [3.8, 4) is 0 Å². The third-order valence-corrected chi connectivity index (χ3v) is 2.39. The van der Waals surface area contributed by atoms with Crippen LogP contribution in [-0.4, -0.2) is 16.5 Å². The van der Waals surface area contributed by atoms with E-state index in [-0.39, 0.29) is 10.6 Å². The average Bonchev–Trinajstić information content (AvgIpc) is 2.62. The number of rotatable bonds is 3. The highest BCUT2D eigenvalue weighted by atomic mass is 16.6. The normalized spacial score (nSPS) is 10.7. The molecule has 3 N–H and O–H groups in total. The number of aromatic nitrogens is 1. The summed E-state index contributed by atoms with van der Waals surface area (Å²) < 4.78 is 0. The number of hydrogen-bond acceptors (Lipinski definition) is 3. The quantitative estimate of drug-likeness (QED) is 0.589. The van der Waals surface area contributed by atoms with Crippen molar-refractivity contribution in [2.75, 3.05) is 6.54 Å². The van der Waals surface area contributed by atoms with Crippen LogP contribution in [-0.2, 0) is 6.42 Å². The molecule has 0 fully saturated rings.